The maximum atomic E-state index is 12.1. The average molecular weight is 313 g/mol. The van der Waals surface area contributed by atoms with Gasteiger partial charge in [0.05, 0.1) is 22.5 Å². The van der Waals surface area contributed by atoms with Crippen LogP contribution in [0.5, 0.6) is 0 Å². The highest BCUT2D eigenvalue weighted by Crippen LogP contribution is 2.18. The van der Waals surface area contributed by atoms with Crippen molar-refractivity contribution >= 4 is 28.3 Å². The highest BCUT2D eigenvalue weighted by molar-refractivity contribution is 7.12. The molecule has 22 heavy (non-hydrogen) atoms. The molecule has 0 unspecified atom stereocenters. The highest BCUT2D eigenvalue weighted by atomic mass is 32.1. The Morgan fingerprint density at radius 1 is 1.27 bits per heavy atom. The predicted molar refractivity (Wildman–Crippen MR) is 90.1 cm³/mol. The lowest BCUT2D eigenvalue weighted by Gasteiger charge is -2.12. The van der Waals surface area contributed by atoms with Crippen molar-refractivity contribution in [2.24, 2.45) is 5.92 Å². The summed E-state index contributed by atoms with van der Waals surface area (Å²) in [5.74, 6) is 1.38. The van der Waals surface area contributed by atoms with E-state index in [0.29, 0.717) is 12.5 Å². The SMILES string of the molecule is CC(C)Cn1c(CNC(=O)c2cccs2)nc2ccccc21. The van der Waals surface area contributed by atoms with Crippen LogP contribution < -0.4 is 5.32 Å². The monoisotopic (exact) mass is 313 g/mol. The number of carbonyl (C=O) groups excluding carboxylic acids is 1. The molecule has 0 fully saturated rings. The number of para-hydroxylation sites is 2. The van der Waals surface area contributed by atoms with Crippen molar-refractivity contribution in [2.45, 2.75) is 26.9 Å². The number of carbonyl (C=O) groups is 1. The summed E-state index contributed by atoms with van der Waals surface area (Å²) < 4.78 is 2.20. The van der Waals surface area contributed by atoms with Crippen LogP contribution in [0.4, 0.5) is 0 Å². The van der Waals surface area contributed by atoms with Crippen molar-refractivity contribution in [3.8, 4) is 0 Å². The molecule has 1 amide bonds. The van der Waals surface area contributed by atoms with Crippen LogP contribution in [0.3, 0.4) is 0 Å². The topological polar surface area (TPSA) is 46.9 Å². The Hall–Kier alpha value is -2.14. The highest BCUT2D eigenvalue weighted by Gasteiger charge is 2.13. The van der Waals surface area contributed by atoms with Crippen LogP contribution >= 0.6 is 11.3 Å². The van der Waals surface area contributed by atoms with Gasteiger partial charge in [0.15, 0.2) is 0 Å². The van der Waals surface area contributed by atoms with E-state index in [1.54, 1.807) is 0 Å². The molecule has 3 rings (SSSR count). The van der Waals surface area contributed by atoms with Gasteiger partial charge in [-0.15, -0.1) is 11.3 Å². The third kappa shape index (κ3) is 3.04. The zero-order valence-electron chi connectivity index (χ0n) is 12.7. The number of rotatable bonds is 5. The minimum Gasteiger partial charge on any atom is -0.344 e. The van der Waals surface area contributed by atoms with Gasteiger partial charge >= 0.3 is 0 Å². The van der Waals surface area contributed by atoms with Crippen LogP contribution in [0.2, 0.25) is 0 Å². The Labute approximate surface area is 133 Å². The molecule has 0 aliphatic heterocycles. The molecule has 0 bridgehead atoms. The molecule has 0 saturated heterocycles. The molecule has 4 nitrogen and oxygen atoms in total. The minimum absolute atomic E-state index is 0.0434. The van der Waals surface area contributed by atoms with E-state index in [-0.39, 0.29) is 5.91 Å². The lowest BCUT2D eigenvalue weighted by molar-refractivity contribution is 0.0953. The molecule has 0 aliphatic carbocycles. The van der Waals surface area contributed by atoms with E-state index in [4.69, 9.17) is 0 Å². The Morgan fingerprint density at radius 3 is 2.82 bits per heavy atom. The number of hydrogen-bond acceptors (Lipinski definition) is 3. The van der Waals surface area contributed by atoms with Crippen molar-refractivity contribution in [3.05, 3.63) is 52.5 Å². The zero-order chi connectivity index (χ0) is 15.5. The molecular weight excluding hydrogens is 294 g/mol. The van der Waals surface area contributed by atoms with E-state index < -0.39 is 0 Å². The summed E-state index contributed by atoms with van der Waals surface area (Å²) >= 11 is 1.45. The summed E-state index contributed by atoms with van der Waals surface area (Å²) in [5.41, 5.74) is 2.10. The average Bonchev–Trinajstić information content (AvgIpc) is 3.13. The first-order valence-corrected chi connectivity index (χ1v) is 8.29. The van der Waals surface area contributed by atoms with E-state index >= 15 is 0 Å². The van der Waals surface area contributed by atoms with Crippen LogP contribution in [0.25, 0.3) is 11.0 Å². The van der Waals surface area contributed by atoms with Gasteiger partial charge < -0.3 is 9.88 Å². The third-order valence-electron chi connectivity index (χ3n) is 3.43. The first-order chi connectivity index (χ1) is 10.6. The zero-order valence-corrected chi connectivity index (χ0v) is 13.6. The van der Waals surface area contributed by atoms with Gasteiger partial charge in [-0.1, -0.05) is 32.0 Å². The number of nitrogens with zero attached hydrogens (tertiary/aromatic N) is 2. The van der Waals surface area contributed by atoms with Gasteiger partial charge in [0.2, 0.25) is 0 Å². The van der Waals surface area contributed by atoms with Gasteiger partial charge in [-0.05, 0) is 29.5 Å². The number of thiophene rings is 1. The molecule has 1 N–H and O–H groups in total. The largest absolute Gasteiger partial charge is 0.344 e. The van der Waals surface area contributed by atoms with E-state index in [1.807, 2.05) is 35.7 Å². The van der Waals surface area contributed by atoms with Crippen molar-refractivity contribution in [1.82, 2.24) is 14.9 Å². The first-order valence-electron chi connectivity index (χ1n) is 7.41. The fraction of sp³-hybridized carbons (Fsp3) is 0.294. The maximum absolute atomic E-state index is 12.1. The number of hydrogen-bond donors (Lipinski definition) is 1. The number of nitrogens with one attached hydrogen (secondary N) is 1. The molecule has 0 radical (unpaired) electrons. The summed E-state index contributed by atoms with van der Waals surface area (Å²) in [7, 11) is 0. The normalized spacial score (nSPS) is 11.2. The molecular formula is C17H19N3OS. The number of amides is 1. The molecule has 2 heterocycles. The summed E-state index contributed by atoms with van der Waals surface area (Å²) in [4.78, 5) is 17.5. The molecule has 0 aliphatic rings. The summed E-state index contributed by atoms with van der Waals surface area (Å²) in [6.45, 7) is 5.70. The molecule has 1 aromatic carbocycles. The van der Waals surface area contributed by atoms with Gasteiger partial charge in [-0.2, -0.15) is 0 Å². The fourth-order valence-corrected chi connectivity index (χ4v) is 3.12. The van der Waals surface area contributed by atoms with E-state index in [2.05, 4.69) is 34.8 Å². The number of fused-ring (bicyclic) bond motifs is 1. The summed E-state index contributed by atoms with van der Waals surface area (Å²) in [5, 5.41) is 4.87. The third-order valence-corrected chi connectivity index (χ3v) is 4.30. The van der Waals surface area contributed by atoms with Gasteiger partial charge in [0.1, 0.15) is 5.82 Å². The summed E-state index contributed by atoms with van der Waals surface area (Å²) in [6.07, 6.45) is 0. The molecule has 3 aromatic rings. The lowest BCUT2D eigenvalue weighted by Crippen LogP contribution is -2.24. The van der Waals surface area contributed by atoms with E-state index in [9.17, 15) is 4.79 Å². The van der Waals surface area contributed by atoms with Crippen LogP contribution in [0.1, 0.15) is 29.3 Å². The molecule has 0 atom stereocenters. The van der Waals surface area contributed by atoms with Crippen LogP contribution in [-0.2, 0) is 13.1 Å². The molecule has 5 heteroatoms. The van der Waals surface area contributed by atoms with Crippen molar-refractivity contribution in [2.75, 3.05) is 0 Å². The van der Waals surface area contributed by atoms with Gasteiger partial charge in [-0.3, -0.25) is 4.79 Å². The predicted octanol–water partition coefficient (Wildman–Crippen LogP) is 3.68. The van der Waals surface area contributed by atoms with Gasteiger partial charge in [-0.25, -0.2) is 4.98 Å². The fourth-order valence-electron chi connectivity index (χ4n) is 2.48. The molecule has 0 spiro atoms. The van der Waals surface area contributed by atoms with Crippen molar-refractivity contribution in [1.29, 1.82) is 0 Å². The van der Waals surface area contributed by atoms with Gasteiger partial charge in [0, 0.05) is 6.54 Å². The Balaban J connectivity index is 1.84. The second kappa shape index (κ2) is 6.32. The van der Waals surface area contributed by atoms with Crippen LogP contribution in [0.15, 0.2) is 41.8 Å². The van der Waals surface area contributed by atoms with Crippen molar-refractivity contribution in [3.63, 3.8) is 0 Å². The van der Waals surface area contributed by atoms with E-state index in [0.717, 1.165) is 28.3 Å². The Morgan fingerprint density at radius 2 is 2.09 bits per heavy atom. The second-order valence-electron chi connectivity index (χ2n) is 5.68. The van der Waals surface area contributed by atoms with Crippen molar-refractivity contribution < 1.29 is 4.79 Å². The molecule has 0 saturated carbocycles. The lowest BCUT2D eigenvalue weighted by atomic mass is 10.2. The smallest absolute Gasteiger partial charge is 0.261 e. The van der Waals surface area contributed by atoms with Gasteiger partial charge in [0.25, 0.3) is 5.91 Å². The summed E-state index contributed by atoms with van der Waals surface area (Å²) in [6, 6.07) is 11.8. The van der Waals surface area contributed by atoms with Crippen LogP contribution in [0, 0.1) is 5.92 Å². The van der Waals surface area contributed by atoms with Crippen LogP contribution in [-0.4, -0.2) is 15.5 Å². The number of benzene rings is 1. The number of aromatic nitrogens is 2. The van der Waals surface area contributed by atoms with E-state index in [1.165, 1.54) is 11.3 Å². The standard InChI is InChI=1S/C17H19N3OS/c1-12(2)11-20-14-7-4-3-6-13(14)19-16(20)10-18-17(21)15-8-5-9-22-15/h3-9,12H,10-11H2,1-2H3,(H,18,21). The quantitative estimate of drug-likeness (QED) is 0.781. The second-order valence-corrected chi connectivity index (χ2v) is 6.63. The number of imidazole rings is 1. The Kier molecular flexibility index (Phi) is 4.24. The maximum Gasteiger partial charge on any atom is 0.261 e. The minimum atomic E-state index is -0.0434. The first kappa shape index (κ1) is 14.8. The molecule has 114 valence electrons. The molecule has 2 aromatic heterocycles. The Bertz CT molecular complexity index is 774.